The van der Waals surface area contributed by atoms with Gasteiger partial charge >= 0.3 is 0 Å². The van der Waals surface area contributed by atoms with Crippen molar-refractivity contribution >= 4 is 51.6 Å². The van der Waals surface area contributed by atoms with Gasteiger partial charge in [-0.25, -0.2) is 0 Å². The third-order valence-corrected chi connectivity index (χ3v) is 5.26. The summed E-state index contributed by atoms with van der Waals surface area (Å²) in [6.07, 6.45) is 3.77. The molecule has 1 amide bonds. The van der Waals surface area contributed by atoms with E-state index >= 15 is 0 Å². The van der Waals surface area contributed by atoms with Crippen LogP contribution in [0.4, 0.5) is 10.8 Å². The minimum absolute atomic E-state index is 0.0577. The molecule has 0 bridgehead atoms. The summed E-state index contributed by atoms with van der Waals surface area (Å²) in [6, 6.07) is 7.76. The molecule has 22 heavy (non-hydrogen) atoms. The lowest BCUT2D eigenvalue weighted by Gasteiger charge is -2.04. The first-order valence-electron chi connectivity index (χ1n) is 6.46. The van der Waals surface area contributed by atoms with Gasteiger partial charge in [-0.1, -0.05) is 29.2 Å². The Hall–Kier alpha value is -1.51. The molecule has 2 rings (SSSR count). The lowest BCUT2D eigenvalue weighted by Crippen LogP contribution is -2.13. The van der Waals surface area contributed by atoms with Gasteiger partial charge in [0.1, 0.15) is 0 Å². The van der Waals surface area contributed by atoms with Crippen LogP contribution in [0.1, 0.15) is 0 Å². The highest BCUT2D eigenvalue weighted by Gasteiger charge is 2.08. The number of carbonyl (C=O) groups is 1. The monoisotopic (exact) mass is 352 g/mol. The Balaban J connectivity index is 1.79. The number of benzene rings is 1. The Bertz CT molecular complexity index is 627. The second-order valence-electron chi connectivity index (χ2n) is 4.11. The molecule has 0 aliphatic carbocycles. The highest BCUT2D eigenvalue weighted by Crippen LogP contribution is 2.25. The SMILES string of the molecule is C=CCNc1nnc(SCC(=O)Nc2ccc(SC)cc2)s1. The zero-order valence-corrected chi connectivity index (χ0v) is 14.5. The maximum absolute atomic E-state index is 11.9. The smallest absolute Gasteiger partial charge is 0.234 e. The van der Waals surface area contributed by atoms with Crippen LogP contribution in [0.15, 0.2) is 46.2 Å². The molecular weight excluding hydrogens is 336 g/mol. The average Bonchev–Trinajstić information content (AvgIpc) is 2.99. The molecule has 1 aromatic heterocycles. The summed E-state index contributed by atoms with van der Waals surface area (Å²) in [5.74, 6) is 0.248. The molecule has 0 aliphatic rings. The first-order chi connectivity index (χ1) is 10.7. The normalized spacial score (nSPS) is 10.2. The van der Waals surface area contributed by atoms with Crippen LogP contribution in [-0.2, 0) is 4.79 Å². The fourth-order valence-corrected chi connectivity index (χ4v) is 3.46. The third-order valence-electron chi connectivity index (χ3n) is 2.50. The van der Waals surface area contributed by atoms with Crippen LogP contribution in [-0.4, -0.2) is 34.7 Å². The summed E-state index contributed by atoms with van der Waals surface area (Å²) in [5.41, 5.74) is 0.800. The maximum atomic E-state index is 11.9. The molecule has 0 saturated carbocycles. The van der Waals surface area contributed by atoms with E-state index in [1.807, 2.05) is 30.5 Å². The number of amides is 1. The van der Waals surface area contributed by atoms with Crippen molar-refractivity contribution < 1.29 is 4.79 Å². The van der Waals surface area contributed by atoms with Gasteiger partial charge in [-0.05, 0) is 30.5 Å². The fourth-order valence-electron chi connectivity index (χ4n) is 1.50. The van der Waals surface area contributed by atoms with Crippen LogP contribution in [0.5, 0.6) is 0 Å². The molecule has 0 unspecified atom stereocenters. The quantitative estimate of drug-likeness (QED) is 0.559. The summed E-state index contributed by atoms with van der Waals surface area (Å²) in [7, 11) is 0. The lowest BCUT2D eigenvalue weighted by molar-refractivity contribution is -0.113. The third kappa shape index (κ3) is 5.36. The molecule has 0 radical (unpaired) electrons. The maximum Gasteiger partial charge on any atom is 0.234 e. The number of thioether (sulfide) groups is 2. The number of hydrogen-bond donors (Lipinski definition) is 2. The predicted octanol–water partition coefficient (Wildman–Crippen LogP) is 3.59. The van der Waals surface area contributed by atoms with Crippen LogP contribution in [0, 0.1) is 0 Å². The topological polar surface area (TPSA) is 66.9 Å². The Kier molecular flexibility index (Phi) is 6.75. The molecule has 0 spiro atoms. The van der Waals surface area contributed by atoms with E-state index < -0.39 is 0 Å². The van der Waals surface area contributed by atoms with E-state index in [9.17, 15) is 4.79 Å². The van der Waals surface area contributed by atoms with Crippen molar-refractivity contribution in [2.24, 2.45) is 0 Å². The number of aromatic nitrogens is 2. The Morgan fingerprint density at radius 1 is 1.36 bits per heavy atom. The van der Waals surface area contributed by atoms with E-state index in [1.165, 1.54) is 28.0 Å². The number of hydrogen-bond acceptors (Lipinski definition) is 7. The van der Waals surface area contributed by atoms with Gasteiger partial charge in [0.05, 0.1) is 5.75 Å². The van der Waals surface area contributed by atoms with Crippen LogP contribution >= 0.6 is 34.9 Å². The van der Waals surface area contributed by atoms with Crippen molar-refractivity contribution in [3.8, 4) is 0 Å². The van der Waals surface area contributed by atoms with E-state index in [0.29, 0.717) is 12.3 Å². The summed E-state index contributed by atoms with van der Waals surface area (Å²) in [4.78, 5) is 13.1. The molecule has 5 nitrogen and oxygen atoms in total. The summed E-state index contributed by atoms with van der Waals surface area (Å²) < 4.78 is 0.763. The highest BCUT2D eigenvalue weighted by atomic mass is 32.2. The highest BCUT2D eigenvalue weighted by molar-refractivity contribution is 8.01. The molecule has 0 fully saturated rings. The van der Waals surface area contributed by atoms with Crippen LogP contribution < -0.4 is 10.6 Å². The van der Waals surface area contributed by atoms with Crippen molar-refractivity contribution in [1.29, 1.82) is 0 Å². The van der Waals surface area contributed by atoms with Gasteiger partial charge in [0, 0.05) is 17.1 Å². The fraction of sp³-hybridized carbons (Fsp3) is 0.214. The lowest BCUT2D eigenvalue weighted by atomic mass is 10.3. The number of nitrogens with zero attached hydrogens (tertiary/aromatic N) is 2. The zero-order valence-electron chi connectivity index (χ0n) is 12.0. The van der Waals surface area contributed by atoms with Crippen molar-refractivity contribution in [3.05, 3.63) is 36.9 Å². The molecule has 2 N–H and O–H groups in total. The Labute approximate surface area is 142 Å². The van der Waals surface area contributed by atoms with Gasteiger partial charge in [0.2, 0.25) is 11.0 Å². The summed E-state index contributed by atoms with van der Waals surface area (Å²) >= 11 is 4.47. The number of carbonyl (C=O) groups excluding carboxylic acids is 1. The number of anilines is 2. The van der Waals surface area contributed by atoms with E-state index in [-0.39, 0.29) is 5.91 Å². The molecule has 116 valence electrons. The number of nitrogens with one attached hydrogen (secondary N) is 2. The van der Waals surface area contributed by atoms with Crippen LogP contribution in [0.25, 0.3) is 0 Å². The van der Waals surface area contributed by atoms with Crippen LogP contribution in [0.3, 0.4) is 0 Å². The van der Waals surface area contributed by atoms with Gasteiger partial charge in [0.25, 0.3) is 0 Å². The van der Waals surface area contributed by atoms with Crippen molar-refractivity contribution in [2.75, 3.05) is 29.2 Å². The molecule has 0 atom stereocenters. The molecule has 0 aliphatic heterocycles. The van der Waals surface area contributed by atoms with E-state index in [0.717, 1.165) is 15.2 Å². The van der Waals surface area contributed by atoms with Gasteiger partial charge in [-0.3, -0.25) is 4.79 Å². The van der Waals surface area contributed by atoms with Gasteiger partial charge in [-0.2, -0.15) is 0 Å². The summed E-state index contributed by atoms with van der Waals surface area (Å²) in [5, 5.41) is 14.7. The molecule has 1 heterocycles. The van der Waals surface area contributed by atoms with Gasteiger partial charge in [0.15, 0.2) is 4.34 Å². The Morgan fingerprint density at radius 2 is 2.14 bits per heavy atom. The van der Waals surface area contributed by atoms with E-state index in [1.54, 1.807) is 17.8 Å². The minimum Gasteiger partial charge on any atom is -0.357 e. The second-order valence-corrected chi connectivity index (χ2v) is 7.19. The Morgan fingerprint density at radius 3 is 2.82 bits per heavy atom. The van der Waals surface area contributed by atoms with Gasteiger partial charge in [-0.15, -0.1) is 28.5 Å². The van der Waals surface area contributed by atoms with Crippen molar-refractivity contribution in [3.63, 3.8) is 0 Å². The zero-order chi connectivity index (χ0) is 15.8. The second kappa shape index (κ2) is 8.82. The predicted molar refractivity (Wildman–Crippen MR) is 96.2 cm³/mol. The van der Waals surface area contributed by atoms with E-state index in [4.69, 9.17) is 0 Å². The molecule has 0 saturated heterocycles. The van der Waals surface area contributed by atoms with Crippen molar-refractivity contribution in [1.82, 2.24) is 10.2 Å². The molecule has 2 aromatic rings. The van der Waals surface area contributed by atoms with Crippen LogP contribution in [0.2, 0.25) is 0 Å². The number of rotatable bonds is 8. The molecule has 8 heteroatoms. The van der Waals surface area contributed by atoms with E-state index in [2.05, 4.69) is 27.4 Å². The summed E-state index contributed by atoms with van der Waals surface area (Å²) in [6.45, 7) is 4.27. The van der Waals surface area contributed by atoms with Crippen molar-refractivity contribution in [2.45, 2.75) is 9.24 Å². The largest absolute Gasteiger partial charge is 0.357 e. The van der Waals surface area contributed by atoms with Gasteiger partial charge < -0.3 is 10.6 Å². The molecule has 1 aromatic carbocycles. The molecular formula is C14H16N4OS3. The minimum atomic E-state index is -0.0577. The standard InChI is InChI=1S/C14H16N4OS3/c1-3-8-15-13-17-18-14(22-13)21-9-12(19)16-10-4-6-11(20-2)7-5-10/h3-7H,1,8-9H2,2H3,(H,15,17)(H,16,19). The first-order valence-corrected chi connectivity index (χ1v) is 9.49. The average molecular weight is 353 g/mol. The first kappa shape index (κ1) is 16.9.